The number of hydrogen-bond donors (Lipinski definition) is 0. The summed E-state index contributed by atoms with van der Waals surface area (Å²) < 4.78 is 6.06. The Hall–Kier alpha value is -1.09. The van der Waals surface area contributed by atoms with Crippen molar-refractivity contribution < 1.29 is 9.53 Å². The molecular weight excluding hydrogens is 232 g/mol. The smallest absolute Gasteiger partial charge is 0.153 e. The third kappa shape index (κ3) is 2.70. The lowest BCUT2D eigenvalue weighted by Crippen LogP contribution is -1.88. The van der Waals surface area contributed by atoms with E-state index >= 15 is 0 Å². The van der Waals surface area contributed by atoms with E-state index in [1.165, 1.54) is 6.26 Å². The average Bonchev–Trinajstić information content (AvgIpc) is 2.16. The fraction of sp³-hybridized carbons (Fsp3) is 0.100. The number of aldehydes is 1. The summed E-state index contributed by atoms with van der Waals surface area (Å²) in [6.45, 7) is 1.85. The molecule has 0 aliphatic heterocycles. The Kier molecular flexibility index (Phi) is 3.71. The van der Waals surface area contributed by atoms with Gasteiger partial charge in [-0.25, -0.2) is 0 Å². The van der Waals surface area contributed by atoms with E-state index in [-0.39, 0.29) is 0 Å². The molecule has 13 heavy (non-hydrogen) atoms. The minimum absolute atomic E-state index is 0.535. The monoisotopic (exact) mass is 240 g/mol. The molecule has 68 valence electrons. The van der Waals surface area contributed by atoms with Crippen LogP contribution in [-0.4, -0.2) is 6.29 Å². The van der Waals surface area contributed by atoms with E-state index in [0.717, 1.165) is 10.8 Å². The lowest BCUT2D eigenvalue weighted by atomic mass is 10.2. The van der Waals surface area contributed by atoms with Gasteiger partial charge in [0, 0.05) is 4.47 Å². The second kappa shape index (κ2) is 4.82. The molecular formula is C10H9BrO2. The van der Waals surface area contributed by atoms with Gasteiger partial charge in [-0.15, -0.1) is 0 Å². The van der Waals surface area contributed by atoms with Crippen LogP contribution in [0.15, 0.2) is 35.0 Å². The summed E-state index contributed by atoms with van der Waals surface area (Å²) in [7, 11) is 0. The minimum atomic E-state index is 0.535. The molecule has 0 saturated carbocycles. The van der Waals surface area contributed by atoms with E-state index in [2.05, 4.69) is 15.9 Å². The van der Waals surface area contributed by atoms with Crippen molar-refractivity contribution in [3.63, 3.8) is 0 Å². The molecule has 3 heteroatoms. The Bertz CT molecular complexity index is 332. The molecule has 0 fully saturated rings. The molecule has 0 N–H and O–H groups in total. The van der Waals surface area contributed by atoms with Gasteiger partial charge in [0.15, 0.2) is 6.29 Å². The van der Waals surface area contributed by atoms with Crippen molar-refractivity contribution in [2.75, 3.05) is 0 Å². The second-order valence-corrected chi connectivity index (χ2v) is 3.30. The summed E-state index contributed by atoms with van der Waals surface area (Å²) in [6.07, 6.45) is 4.07. The Balaban J connectivity index is 2.98. The van der Waals surface area contributed by atoms with E-state index < -0.39 is 0 Å². The average molecular weight is 241 g/mol. The van der Waals surface area contributed by atoms with E-state index in [1.807, 2.05) is 13.0 Å². The molecule has 0 aliphatic rings. The highest BCUT2D eigenvalue weighted by Gasteiger charge is 2.01. The van der Waals surface area contributed by atoms with Crippen molar-refractivity contribution in [2.24, 2.45) is 0 Å². The van der Waals surface area contributed by atoms with E-state index in [1.54, 1.807) is 18.2 Å². The van der Waals surface area contributed by atoms with Crippen LogP contribution in [0.1, 0.15) is 17.3 Å². The zero-order valence-corrected chi connectivity index (χ0v) is 8.74. The topological polar surface area (TPSA) is 26.3 Å². The maximum absolute atomic E-state index is 10.6. The normalized spacial score (nSPS) is 10.3. The lowest BCUT2D eigenvalue weighted by molar-refractivity contribution is 0.112. The number of benzene rings is 1. The minimum Gasteiger partial charge on any atom is -0.465 e. The first-order valence-electron chi connectivity index (χ1n) is 3.80. The number of carbonyl (C=O) groups excluding carboxylic acids is 1. The fourth-order valence-corrected chi connectivity index (χ4v) is 1.24. The van der Waals surface area contributed by atoms with Crippen LogP contribution in [0, 0.1) is 0 Å². The van der Waals surface area contributed by atoms with Gasteiger partial charge in [0.1, 0.15) is 5.75 Å². The van der Waals surface area contributed by atoms with E-state index in [0.29, 0.717) is 11.3 Å². The van der Waals surface area contributed by atoms with Gasteiger partial charge in [-0.2, -0.15) is 0 Å². The molecule has 0 heterocycles. The first-order valence-corrected chi connectivity index (χ1v) is 4.59. The number of rotatable bonds is 3. The third-order valence-electron chi connectivity index (χ3n) is 1.43. The molecule has 1 aromatic rings. The van der Waals surface area contributed by atoms with Gasteiger partial charge in [-0.05, 0) is 25.1 Å². The first kappa shape index (κ1) is 9.99. The van der Waals surface area contributed by atoms with Crippen LogP contribution in [-0.2, 0) is 0 Å². The van der Waals surface area contributed by atoms with Crippen molar-refractivity contribution >= 4 is 22.2 Å². The Morgan fingerprint density at radius 3 is 2.85 bits per heavy atom. The van der Waals surface area contributed by atoms with Crippen LogP contribution < -0.4 is 4.74 Å². The lowest BCUT2D eigenvalue weighted by Gasteiger charge is -2.02. The quantitative estimate of drug-likeness (QED) is 0.600. The summed E-state index contributed by atoms with van der Waals surface area (Å²) in [5.74, 6) is 0.566. The van der Waals surface area contributed by atoms with Crippen LogP contribution in [0.4, 0.5) is 0 Å². The summed E-state index contributed by atoms with van der Waals surface area (Å²) >= 11 is 3.27. The Labute approximate surface area is 85.3 Å². The van der Waals surface area contributed by atoms with Crippen LogP contribution in [0.2, 0.25) is 0 Å². The number of carbonyl (C=O) groups is 1. The zero-order chi connectivity index (χ0) is 9.68. The molecule has 0 spiro atoms. The molecule has 0 saturated heterocycles. The fourth-order valence-electron chi connectivity index (χ4n) is 0.860. The van der Waals surface area contributed by atoms with Gasteiger partial charge in [0.2, 0.25) is 0 Å². The van der Waals surface area contributed by atoms with Gasteiger partial charge in [0.25, 0.3) is 0 Å². The van der Waals surface area contributed by atoms with E-state index in [9.17, 15) is 4.79 Å². The highest BCUT2D eigenvalue weighted by molar-refractivity contribution is 9.10. The molecule has 1 aromatic carbocycles. The largest absolute Gasteiger partial charge is 0.465 e. The summed E-state index contributed by atoms with van der Waals surface area (Å²) in [5, 5.41) is 0. The molecule has 1 rings (SSSR count). The van der Waals surface area contributed by atoms with Crippen LogP contribution in [0.3, 0.4) is 0 Å². The Morgan fingerprint density at radius 1 is 1.46 bits per heavy atom. The molecule has 0 bridgehead atoms. The molecule has 2 nitrogen and oxygen atoms in total. The molecule has 0 amide bonds. The van der Waals surface area contributed by atoms with E-state index in [4.69, 9.17) is 4.74 Å². The van der Waals surface area contributed by atoms with Crippen molar-refractivity contribution in [3.05, 3.63) is 40.6 Å². The van der Waals surface area contributed by atoms with Gasteiger partial charge in [-0.1, -0.05) is 22.0 Å². The molecule has 0 atom stereocenters. The maximum atomic E-state index is 10.6. The molecule has 0 aliphatic carbocycles. The predicted molar refractivity (Wildman–Crippen MR) is 55.0 cm³/mol. The van der Waals surface area contributed by atoms with Gasteiger partial charge < -0.3 is 4.74 Å². The standard InChI is InChI=1S/C10H9BrO2/c1-2-5-13-10-4-3-9(11)6-8(10)7-12/h2-7H,1H3. The molecule has 0 aromatic heterocycles. The molecule has 0 radical (unpaired) electrons. The van der Waals surface area contributed by atoms with Gasteiger partial charge in [0.05, 0.1) is 11.8 Å². The van der Waals surface area contributed by atoms with Gasteiger partial charge in [-0.3, -0.25) is 4.79 Å². The Morgan fingerprint density at radius 2 is 2.23 bits per heavy atom. The van der Waals surface area contributed by atoms with Crippen molar-refractivity contribution in [1.29, 1.82) is 0 Å². The number of ether oxygens (including phenoxy) is 1. The third-order valence-corrected chi connectivity index (χ3v) is 1.92. The predicted octanol–water partition coefficient (Wildman–Crippen LogP) is 3.17. The summed E-state index contributed by atoms with van der Waals surface area (Å²) in [5.41, 5.74) is 0.535. The first-order chi connectivity index (χ1) is 6.27. The SMILES string of the molecule is CC=COc1ccc(Br)cc1C=O. The zero-order valence-electron chi connectivity index (χ0n) is 7.16. The number of halogens is 1. The van der Waals surface area contributed by atoms with Crippen LogP contribution in [0.5, 0.6) is 5.75 Å². The summed E-state index contributed by atoms with van der Waals surface area (Å²) in [4.78, 5) is 10.6. The summed E-state index contributed by atoms with van der Waals surface area (Å²) in [6, 6.07) is 5.28. The van der Waals surface area contributed by atoms with Crippen molar-refractivity contribution in [3.8, 4) is 5.75 Å². The maximum Gasteiger partial charge on any atom is 0.153 e. The highest BCUT2D eigenvalue weighted by atomic mass is 79.9. The second-order valence-electron chi connectivity index (χ2n) is 2.39. The van der Waals surface area contributed by atoms with Crippen molar-refractivity contribution in [2.45, 2.75) is 6.92 Å². The van der Waals surface area contributed by atoms with Gasteiger partial charge >= 0.3 is 0 Å². The van der Waals surface area contributed by atoms with Crippen LogP contribution >= 0.6 is 15.9 Å². The van der Waals surface area contributed by atoms with Crippen molar-refractivity contribution in [1.82, 2.24) is 0 Å². The molecule has 0 unspecified atom stereocenters. The number of allylic oxidation sites excluding steroid dienone is 1. The van der Waals surface area contributed by atoms with Crippen LogP contribution in [0.25, 0.3) is 0 Å². The number of hydrogen-bond acceptors (Lipinski definition) is 2. The highest BCUT2D eigenvalue weighted by Crippen LogP contribution is 2.21.